The van der Waals surface area contributed by atoms with Crippen LogP contribution in [-0.4, -0.2) is 17.3 Å². The van der Waals surface area contributed by atoms with Gasteiger partial charge in [0.05, 0.1) is 7.11 Å². The van der Waals surface area contributed by atoms with Gasteiger partial charge in [-0.3, -0.25) is 0 Å². The molecule has 0 aliphatic heterocycles. The van der Waals surface area contributed by atoms with Crippen molar-refractivity contribution in [2.45, 2.75) is 19.6 Å². The molecule has 0 aliphatic rings. The molecule has 0 radical (unpaired) electrons. The third-order valence-electron chi connectivity index (χ3n) is 4.45. The second kappa shape index (κ2) is 9.11. The van der Waals surface area contributed by atoms with Crippen molar-refractivity contribution < 1.29 is 19.7 Å². The van der Waals surface area contributed by atoms with Gasteiger partial charge in [-0.2, -0.15) is 0 Å². The van der Waals surface area contributed by atoms with Gasteiger partial charge >= 0.3 is 0 Å². The first-order chi connectivity index (χ1) is 13.6. The average molecular weight is 376 g/mol. The summed E-state index contributed by atoms with van der Waals surface area (Å²) >= 11 is 0. The smallest absolute Gasteiger partial charge is 0.224 e. The minimum Gasteiger partial charge on any atom is -0.504 e. The molecule has 3 aromatic rings. The van der Waals surface area contributed by atoms with Gasteiger partial charge in [-0.05, 0) is 12.5 Å². The lowest BCUT2D eigenvalue weighted by Gasteiger charge is -2.20. The van der Waals surface area contributed by atoms with E-state index in [1.165, 1.54) is 13.2 Å². The Kier molecular flexibility index (Phi) is 6.35. The SMILES string of the molecule is CC=Cc1c(OC(O)c2ccccc2)cc(O)c(OC)c1Cc1ccccc1. The van der Waals surface area contributed by atoms with Gasteiger partial charge in [-0.1, -0.05) is 72.8 Å². The number of hydrogen-bond acceptors (Lipinski definition) is 4. The van der Waals surface area contributed by atoms with Gasteiger partial charge in [0.1, 0.15) is 5.75 Å². The van der Waals surface area contributed by atoms with Crippen molar-refractivity contribution in [3.8, 4) is 17.2 Å². The number of benzene rings is 3. The predicted octanol–water partition coefficient (Wildman–Crippen LogP) is 5.09. The Morgan fingerprint density at radius 1 is 1.00 bits per heavy atom. The summed E-state index contributed by atoms with van der Waals surface area (Å²) in [6.45, 7) is 1.91. The zero-order chi connectivity index (χ0) is 19.9. The molecule has 0 saturated carbocycles. The van der Waals surface area contributed by atoms with E-state index < -0.39 is 6.29 Å². The Labute approximate surface area is 165 Å². The van der Waals surface area contributed by atoms with Gasteiger partial charge in [0.25, 0.3) is 0 Å². The molecule has 0 saturated heterocycles. The maximum atomic E-state index is 10.5. The largest absolute Gasteiger partial charge is 0.504 e. The summed E-state index contributed by atoms with van der Waals surface area (Å²) in [5.41, 5.74) is 3.26. The van der Waals surface area contributed by atoms with Gasteiger partial charge in [-0.25, -0.2) is 0 Å². The second-order valence-electron chi connectivity index (χ2n) is 6.36. The van der Waals surface area contributed by atoms with E-state index in [9.17, 15) is 10.2 Å². The number of aliphatic hydroxyl groups excluding tert-OH is 1. The van der Waals surface area contributed by atoms with E-state index in [0.717, 1.165) is 16.7 Å². The van der Waals surface area contributed by atoms with Crippen molar-refractivity contribution in [2.24, 2.45) is 0 Å². The van der Waals surface area contributed by atoms with Crippen LogP contribution < -0.4 is 9.47 Å². The van der Waals surface area contributed by atoms with Crippen molar-refractivity contribution in [1.29, 1.82) is 0 Å². The number of ether oxygens (including phenoxy) is 2. The van der Waals surface area contributed by atoms with Crippen LogP contribution in [0.5, 0.6) is 17.2 Å². The van der Waals surface area contributed by atoms with Gasteiger partial charge in [0.2, 0.25) is 6.29 Å². The van der Waals surface area contributed by atoms with Crippen LogP contribution >= 0.6 is 0 Å². The number of aromatic hydroxyl groups is 1. The van der Waals surface area contributed by atoms with E-state index >= 15 is 0 Å². The van der Waals surface area contributed by atoms with Crippen molar-refractivity contribution in [3.05, 3.63) is 95.1 Å². The summed E-state index contributed by atoms with van der Waals surface area (Å²) in [6.07, 6.45) is 3.19. The Bertz CT molecular complexity index is 934. The fourth-order valence-electron chi connectivity index (χ4n) is 3.15. The predicted molar refractivity (Wildman–Crippen MR) is 111 cm³/mol. The highest BCUT2D eigenvalue weighted by molar-refractivity contribution is 5.69. The molecule has 1 atom stereocenters. The second-order valence-corrected chi connectivity index (χ2v) is 6.36. The molecule has 0 spiro atoms. The lowest BCUT2D eigenvalue weighted by atomic mass is 9.96. The highest BCUT2D eigenvalue weighted by atomic mass is 16.6. The quantitative estimate of drug-likeness (QED) is 0.564. The summed E-state index contributed by atoms with van der Waals surface area (Å²) in [6, 6.07) is 20.5. The van der Waals surface area contributed by atoms with Crippen LogP contribution in [0.1, 0.15) is 35.5 Å². The summed E-state index contributed by atoms with van der Waals surface area (Å²) in [5.74, 6) is 0.758. The van der Waals surface area contributed by atoms with E-state index in [-0.39, 0.29) is 5.75 Å². The molecule has 4 nitrogen and oxygen atoms in total. The van der Waals surface area contributed by atoms with E-state index in [1.54, 1.807) is 12.1 Å². The lowest BCUT2D eigenvalue weighted by molar-refractivity contribution is -0.0197. The average Bonchev–Trinajstić information content (AvgIpc) is 2.72. The fraction of sp³-hybridized carbons (Fsp3) is 0.167. The van der Waals surface area contributed by atoms with Crippen LogP contribution in [0.2, 0.25) is 0 Å². The molecule has 0 heterocycles. The summed E-state index contributed by atoms with van der Waals surface area (Å²) in [5, 5.41) is 21.0. The highest BCUT2D eigenvalue weighted by Crippen LogP contribution is 2.42. The first-order valence-electron chi connectivity index (χ1n) is 9.13. The maximum absolute atomic E-state index is 10.5. The van der Waals surface area contributed by atoms with Crippen LogP contribution in [0.15, 0.2) is 72.8 Å². The van der Waals surface area contributed by atoms with E-state index in [0.29, 0.717) is 23.5 Å². The summed E-state index contributed by atoms with van der Waals surface area (Å²) < 4.78 is 11.3. The van der Waals surface area contributed by atoms with Crippen molar-refractivity contribution in [3.63, 3.8) is 0 Å². The molecule has 0 amide bonds. The standard InChI is InChI=1S/C24H24O4/c1-3-10-19-20(15-17-11-6-4-7-12-17)23(27-2)21(25)16-22(19)28-24(26)18-13-8-5-9-14-18/h3-14,16,24-26H,15H2,1-2H3. The highest BCUT2D eigenvalue weighted by Gasteiger charge is 2.21. The third kappa shape index (κ3) is 4.35. The minimum absolute atomic E-state index is 0.0306. The topological polar surface area (TPSA) is 58.9 Å². The zero-order valence-corrected chi connectivity index (χ0v) is 16.0. The van der Waals surface area contributed by atoms with Gasteiger partial charge in [0, 0.05) is 29.2 Å². The number of hydrogen-bond donors (Lipinski definition) is 2. The number of phenols is 1. The minimum atomic E-state index is -1.15. The van der Waals surface area contributed by atoms with E-state index in [1.807, 2.05) is 67.6 Å². The maximum Gasteiger partial charge on any atom is 0.224 e. The molecule has 4 heteroatoms. The molecule has 1 unspecified atom stereocenters. The molecular weight excluding hydrogens is 352 g/mol. The Hall–Kier alpha value is -3.24. The Balaban J connectivity index is 2.06. The van der Waals surface area contributed by atoms with Gasteiger partial charge in [-0.15, -0.1) is 0 Å². The molecule has 0 bridgehead atoms. The number of rotatable bonds is 7. The molecule has 28 heavy (non-hydrogen) atoms. The zero-order valence-electron chi connectivity index (χ0n) is 16.0. The fourth-order valence-corrected chi connectivity index (χ4v) is 3.15. The molecular formula is C24H24O4. The molecule has 2 N–H and O–H groups in total. The summed E-state index contributed by atoms with van der Waals surface area (Å²) in [4.78, 5) is 0. The third-order valence-corrected chi connectivity index (χ3v) is 4.45. The molecule has 3 rings (SSSR count). The van der Waals surface area contributed by atoms with Gasteiger partial charge in [0.15, 0.2) is 11.5 Å². The normalized spacial score (nSPS) is 12.1. The van der Waals surface area contributed by atoms with Gasteiger partial charge < -0.3 is 19.7 Å². The van der Waals surface area contributed by atoms with Crippen LogP contribution in [0.25, 0.3) is 6.08 Å². The first kappa shape index (κ1) is 19.5. The molecule has 144 valence electrons. The Morgan fingerprint density at radius 2 is 1.64 bits per heavy atom. The first-order valence-corrected chi connectivity index (χ1v) is 9.13. The van der Waals surface area contributed by atoms with Crippen LogP contribution in [0.4, 0.5) is 0 Å². The van der Waals surface area contributed by atoms with Crippen LogP contribution in [-0.2, 0) is 6.42 Å². The van der Waals surface area contributed by atoms with Crippen LogP contribution in [0, 0.1) is 0 Å². The van der Waals surface area contributed by atoms with Crippen molar-refractivity contribution in [2.75, 3.05) is 7.11 Å². The van der Waals surface area contributed by atoms with Crippen molar-refractivity contribution in [1.82, 2.24) is 0 Å². The molecule has 0 aromatic heterocycles. The summed E-state index contributed by atoms with van der Waals surface area (Å²) in [7, 11) is 1.53. The number of allylic oxidation sites excluding steroid dienone is 1. The van der Waals surface area contributed by atoms with Crippen molar-refractivity contribution >= 4 is 6.08 Å². The molecule has 3 aromatic carbocycles. The van der Waals surface area contributed by atoms with E-state index in [4.69, 9.17) is 9.47 Å². The lowest BCUT2D eigenvalue weighted by Crippen LogP contribution is -2.09. The number of phenolic OH excluding ortho intramolecular Hbond substituents is 1. The number of aliphatic hydroxyl groups is 1. The van der Waals surface area contributed by atoms with E-state index in [2.05, 4.69) is 0 Å². The van der Waals surface area contributed by atoms with Crippen LogP contribution in [0.3, 0.4) is 0 Å². The Morgan fingerprint density at radius 3 is 2.25 bits per heavy atom. The molecule has 0 aliphatic carbocycles. The molecule has 0 fully saturated rings. The monoisotopic (exact) mass is 376 g/mol. The number of methoxy groups -OCH3 is 1.